The first kappa shape index (κ1) is 17.1. The van der Waals surface area contributed by atoms with E-state index >= 15 is 0 Å². The van der Waals surface area contributed by atoms with Gasteiger partial charge in [0.05, 0.1) is 6.61 Å². The minimum Gasteiger partial charge on any atom is -0.452 e. The van der Waals surface area contributed by atoms with Gasteiger partial charge >= 0.3 is 5.97 Å². The number of benzene rings is 1. The number of carbonyl (C=O) groups is 1. The molecule has 0 aliphatic rings. The van der Waals surface area contributed by atoms with E-state index in [2.05, 4.69) is 22.4 Å². The van der Waals surface area contributed by atoms with Crippen LogP contribution in [-0.2, 0) is 29.2 Å². The number of aromatic nitrogens is 4. The molecule has 0 atom stereocenters. The SMILES string of the molecule is CCCCn1nnnc1COC(=O)c1oc2ccccc2c1COC. The summed E-state index contributed by atoms with van der Waals surface area (Å²) >= 11 is 0. The maximum absolute atomic E-state index is 12.5. The molecule has 0 N–H and O–H groups in total. The van der Waals surface area contributed by atoms with Gasteiger partial charge < -0.3 is 13.9 Å². The quantitative estimate of drug-likeness (QED) is 0.580. The summed E-state index contributed by atoms with van der Waals surface area (Å²) in [6.45, 7) is 3.02. The number of para-hydroxylation sites is 1. The fraction of sp³-hybridized carbons (Fsp3) is 0.412. The molecule has 0 aliphatic carbocycles. The Morgan fingerprint density at radius 1 is 1.28 bits per heavy atom. The smallest absolute Gasteiger partial charge is 0.375 e. The average molecular weight is 344 g/mol. The number of fused-ring (bicyclic) bond motifs is 1. The van der Waals surface area contributed by atoms with Crippen LogP contribution in [0.25, 0.3) is 11.0 Å². The van der Waals surface area contributed by atoms with E-state index in [1.54, 1.807) is 17.9 Å². The number of aryl methyl sites for hydroxylation is 1. The summed E-state index contributed by atoms with van der Waals surface area (Å²) in [5, 5.41) is 12.3. The molecule has 2 aromatic heterocycles. The van der Waals surface area contributed by atoms with Crippen molar-refractivity contribution in [1.82, 2.24) is 20.2 Å². The lowest BCUT2D eigenvalue weighted by molar-refractivity contribution is 0.0416. The summed E-state index contributed by atoms with van der Waals surface area (Å²) in [7, 11) is 1.57. The predicted molar refractivity (Wildman–Crippen MR) is 88.8 cm³/mol. The van der Waals surface area contributed by atoms with Crippen molar-refractivity contribution in [3.63, 3.8) is 0 Å². The van der Waals surface area contributed by atoms with Crippen LogP contribution >= 0.6 is 0 Å². The standard InChI is InChI=1S/C17H20N4O4/c1-3-4-9-21-15(18-19-20-21)11-24-17(22)16-13(10-23-2)12-7-5-6-8-14(12)25-16/h5-8H,3-4,9-11H2,1-2H3. The van der Waals surface area contributed by atoms with Gasteiger partial charge in [-0.05, 0) is 22.9 Å². The molecular weight excluding hydrogens is 324 g/mol. The summed E-state index contributed by atoms with van der Waals surface area (Å²) in [6, 6.07) is 7.42. The lowest BCUT2D eigenvalue weighted by Crippen LogP contribution is -2.12. The van der Waals surface area contributed by atoms with E-state index < -0.39 is 5.97 Å². The number of carbonyl (C=O) groups excluding carboxylic acids is 1. The van der Waals surface area contributed by atoms with Crippen LogP contribution in [0.2, 0.25) is 0 Å². The van der Waals surface area contributed by atoms with Crippen molar-refractivity contribution in [2.24, 2.45) is 0 Å². The zero-order chi connectivity index (χ0) is 17.6. The largest absolute Gasteiger partial charge is 0.452 e. The highest BCUT2D eigenvalue weighted by Gasteiger charge is 2.22. The van der Waals surface area contributed by atoms with Gasteiger partial charge in [-0.2, -0.15) is 0 Å². The summed E-state index contributed by atoms with van der Waals surface area (Å²) in [6.07, 6.45) is 1.98. The Kier molecular flexibility index (Phi) is 5.39. The fourth-order valence-corrected chi connectivity index (χ4v) is 2.56. The lowest BCUT2D eigenvalue weighted by atomic mass is 10.1. The number of hydrogen-bond donors (Lipinski definition) is 0. The maximum atomic E-state index is 12.5. The molecule has 0 saturated heterocycles. The molecule has 0 saturated carbocycles. The maximum Gasteiger partial charge on any atom is 0.375 e. The van der Waals surface area contributed by atoms with E-state index in [9.17, 15) is 4.79 Å². The van der Waals surface area contributed by atoms with E-state index in [1.165, 1.54) is 0 Å². The molecule has 3 aromatic rings. The molecule has 0 bridgehead atoms. The zero-order valence-electron chi connectivity index (χ0n) is 14.3. The number of esters is 1. The van der Waals surface area contributed by atoms with Crippen LogP contribution in [0.4, 0.5) is 0 Å². The molecule has 0 aliphatic heterocycles. The fourth-order valence-electron chi connectivity index (χ4n) is 2.56. The second-order valence-corrected chi connectivity index (χ2v) is 5.59. The van der Waals surface area contributed by atoms with Crippen molar-refractivity contribution in [1.29, 1.82) is 0 Å². The van der Waals surface area contributed by atoms with Crippen molar-refractivity contribution in [3.05, 3.63) is 41.4 Å². The number of furan rings is 1. The minimum atomic E-state index is -0.562. The third kappa shape index (κ3) is 3.69. The van der Waals surface area contributed by atoms with Gasteiger partial charge in [-0.15, -0.1) is 5.10 Å². The second kappa shape index (κ2) is 7.89. The van der Waals surface area contributed by atoms with Gasteiger partial charge in [0.1, 0.15) is 5.58 Å². The summed E-state index contributed by atoms with van der Waals surface area (Å²) in [5.41, 5.74) is 1.29. The molecule has 3 rings (SSSR count). The third-order valence-corrected chi connectivity index (χ3v) is 3.83. The van der Waals surface area contributed by atoms with Gasteiger partial charge in [-0.3, -0.25) is 0 Å². The number of hydrogen-bond acceptors (Lipinski definition) is 7. The van der Waals surface area contributed by atoms with E-state index in [0.29, 0.717) is 23.5 Å². The first-order valence-electron chi connectivity index (χ1n) is 8.16. The number of unbranched alkanes of at least 4 members (excludes halogenated alkanes) is 1. The number of tetrazole rings is 1. The highest BCUT2D eigenvalue weighted by molar-refractivity contribution is 5.96. The van der Waals surface area contributed by atoms with Crippen molar-refractivity contribution >= 4 is 16.9 Å². The number of rotatable bonds is 8. The minimum absolute atomic E-state index is 0.0149. The Hall–Kier alpha value is -2.74. The van der Waals surface area contributed by atoms with E-state index in [4.69, 9.17) is 13.9 Å². The Bertz CT molecular complexity index is 855. The Balaban J connectivity index is 1.76. The van der Waals surface area contributed by atoms with Crippen molar-refractivity contribution in [3.8, 4) is 0 Å². The predicted octanol–water partition coefficient (Wildman–Crippen LogP) is 2.72. The highest BCUT2D eigenvalue weighted by Crippen LogP contribution is 2.27. The molecule has 132 valence electrons. The van der Waals surface area contributed by atoms with Gasteiger partial charge in [-0.1, -0.05) is 31.5 Å². The number of nitrogens with zero attached hydrogens (tertiary/aromatic N) is 4. The molecular formula is C17H20N4O4. The van der Waals surface area contributed by atoms with E-state index in [0.717, 1.165) is 18.2 Å². The summed E-state index contributed by atoms with van der Waals surface area (Å²) in [5.74, 6) is 0.0927. The van der Waals surface area contributed by atoms with E-state index in [-0.39, 0.29) is 19.0 Å². The molecule has 8 heteroatoms. The van der Waals surface area contributed by atoms with Gasteiger partial charge in [0.25, 0.3) is 0 Å². The molecule has 8 nitrogen and oxygen atoms in total. The van der Waals surface area contributed by atoms with Crippen LogP contribution in [0.3, 0.4) is 0 Å². The van der Waals surface area contributed by atoms with Crippen LogP contribution < -0.4 is 0 Å². The molecule has 0 spiro atoms. The molecule has 2 heterocycles. The van der Waals surface area contributed by atoms with Crippen LogP contribution in [-0.4, -0.2) is 33.3 Å². The highest BCUT2D eigenvalue weighted by atomic mass is 16.5. The number of methoxy groups -OCH3 is 1. The Morgan fingerprint density at radius 2 is 2.12 bits per heavy atom. The van der Waals surface area contributed by atoms with Crippen LogP contribution in [0.5, 0.6) is 0 Å². The molecule has 1 aromatic carbocycles. The van der Waals surface area contributed by atoms with Crippen molar-refractivity contribution in [2.45, 2.75) is 39.5 Å². The summed E-state index contributed by atoms with van der Waals surface area (Å²) in [4.78, 5) is 12.5. The average Bonchev–Trinajstić information content (AvgIpc) is 3.23. The summed E-state index contributed by atoms with van der Waals surface area (Å²) < 4.78 is 17.9. The monoisotopic (exact) mass is 344 g/mol. The lowest BCUT2D eigenvalue weighted by Gasteiger charge is -2.05. The van der Waals surface area contributed by atoms with Crippen molar-refractivity contribution < 1.29 is 18.7 Å². The second-order valence-electron chi connectivity index (χ2n) is 5.59. The first-order chi connectivity index (χ1) is 12.2. The molecule has 0 radical (unpaired) electrons. The third-order valence-electron chi connectivity index (χ3n) is 3.83. The van der Waals surface area contributed by atoms with Crippen molar-refractivity contribution in [2.75, 3.05) is 7.11 Å². The Morgan fingerprint density at radius 3 is 2.92 bits per heavy atom. The molecule has 0 fully saturated rings. The van der Waals surface area contributed by atoms with Gasteiger partial charge in [0.15, 0.2) is 12.4 Å². The molecule has 0 unspecified atom stereocenters. The van der Waals surface area contributed by atoms with Crippen LogP contribution in [0.15, 0.2) is 28.7 Å². The van der Waals surface area contributed by atoms with E-state index in [1.807, 2.05) is 18.2 Å². The topological polar surface area (TPSA) is 92.3 Å². The van der Waals surface area contributed by atoms with Gasteiger partial charge in [0, 0.05) is 24.6 Å². The number of ether oxygens (including phenoxy) is 2. The van der Waals surface area contributed by atoms with Crippen LogP contribution in [0, 0.1) is 0 Å². The first-order valence-corrected chi connectivity index (χ1v) is 8.16. The van der Waals surface area contributed by atoms with Gasteiger partial charge in [0.2, 0.25) is 5.76 Å². The molecule has 0 amide bonds. The van der Waals surface area contributed by atoms with Crippen LogP contribution in [0.1, 0.15) is 41.7 Å². The Labute approximate surface area is 144 Å². The zero-order valence-corrected chi connectivity index (χ0v) is 14.3. The van der Waals surface area contributed by atoms with Gasteiger partial charge in [-0.25, -0.2) is 9.48 Å². The normalized spacial score (nSPS) is 11.1. The molecule has 25 heavy (non-hydrogen) atoms.